The molecule has 0 fully saturated rings. The van der Waals surface area contributed by atoms with Crippen LogP contribution in [-0.2, 0) is 19.5 Å². The molecule has 0 saturated carbocycles. The van der Waals surface area contributed by atoms with E-state index in [1.165, 1.54) is 39.1 Å². The Morgan fingerprint density at radius 1 is 0.542 bits per heavy atom. The Bertz CT molecular complexity index is 1690. The zero-order chi connectivity index (χ0) is 32.4. The molecule has 4 heteroatoms. The molecule has 0 aliphatic heterocycles. The fourth-order valence-corrected chi connectivity index (χ4v) is 11.2. The van der Waals surface area contributed by atoms with Crippen LogP contribution in [0.15, 0.2) is 198 Å². The topological polar surface area (TPSA) is 0 Å². The summed E-state index contributed by atoms with van der Waals surface area (Å²) >= 11 is 1.68. The second-order valence-electron chi connectivity index (χ2n) is 10.5. The molecule has 48 heavy (non-hydrogen) atoms. The number of hydrogen-bond acceptors (Lipinski definition) is 1. The minimum absolute atomic E-state index is 0. The summed E-state index contributed by atoms with van der Waals surface area (Å²) in [6.45, 7) is 6.96. The van der Waals surface area contributed by atoms with Crippen LogP contribution >= 0.6 is 27.2 Å². The third kappa shape index (κ3) is 11.4. The Labute approximate surface area is 306 Å². The number of rotatable bonds is 9. The molecule has 0 unspecified atom stereocenters. The van der Waals surface area contributed by atoms with Crippen LogP contribution in [0, 0.1) is 6.58 Å². The predicted molar refractivity (Wildman–Crippen MR) is 211 cm³/mol. The SMILES string of the molecule is [C]=C=Cc1ccccc1-c1ccsc1.[Ru+2].c1cc[cH-]c1.c1ccc(P(CCP(c2ccccc2)c2ccccc2)c2ccccc2)cc1. The van der Waals surface area contributed by atoms with E-state index in [0.29, 0.717) is 0 Å². The van der Waals surface area contributed by atoms with E-state index in [4.69, 9.17) is 6.58 Å². The van der Waals surface area contributed by atoms with Crippen molar-refractivity contribution in [2.45, 2.75) is 0 Å². The van der Waals surface area contributed by atoms with Gasteiger partial charge in [0, 0.05) is 6.58 Å². The number of thiophene rings is 1. The van der Waals surface area contributed by atoms with Gasteiger partial charge in [-0.2, -0.15) is 29.5 Å². The molecule has 0 N–H and O–H groups in total. The molecule has 0 bridgehead atoms. The minimum Gasteiger partial charge on any atom is -0.214 e. The van der Waals surface area contributed by atoms with Gasteiger partial charge in [-0.1, -0.05) is 146 Å². The van der Waals surface area contributed by atoms with Gasteiger partial charge in [-0.05, 0) is 89.0 Å². The summed E-state index contributed by atoms with van der Waals surface area (Å²) in [5.74, 6) is 0. The molecular formula is C44H37P2RuS+. The van der Waals surface area contributed by atoms with Crippen molar-refractivity contribution in [2.24, 2.45) is 0 Å². The maximum absolute atomic E-state index is 6.96. The van der Waals surface area contributed by atoms with Gasteiger partial charge >= 0.3 is 19.5 Å². The van der Waals surface area contributed by atoms with Gasteiger partial charge in [0.15, 0.2) is 0 Å². The Balaban J connectivity index is 0.000000215. The second-order valence-corrected chi connectivity index (χ2v) is 15.9. The van der Waals surface area contributed by atoms with Gasteiger partial charge in [-0.3, -0.25) is 0 Å². The van der Waals surface area contributed by atoms with Gasteiger partial charge in [-0.15, -0.1) is 5.73 Å². The van der Waals surface area contributed by atoms with Crippen LogP contribution in [0.1, 0.15) is 5.56 Å². The van der Waals surface area contributed by atoms with Gasteiger partial charge in [0.2, 0.25) is 0 Å². The molecule has 7 aromatic rings. The van der Waals surface area contributed by atoms with Gasteiger partial charge in [-0.25, -0.2) is 12.1 Å². The van der Waals surface area contributed by atoms with Crippen molar-refractivity contribution in [3.05, 3.63) is 211 Å². The maximum atomic E-state index is 6.96. The van der Waals surface area contributed by atoms with E-state index in [9.17, 15) is 0 Å². The van der Waals surface area contributed by atoms with E-state index in [2.05, 4.69) is 150 Å². The summed E-state index contributed by atoms with van der Waals surface area (Å²) in [6.07, 6.45) is 4.10. The van der Waals surface area contributed by atoms with Crippen molar-refractivity contribution >= 4 is 54.5 Å². The summed E-state index contributed by atoms with van der Waals surface area (Å²) in [4.78, 5) is 0. The molecule has 236 valence electrons. The van der Waals surface area contributed by atoms with Gasteiger partial charge < -0.3 is 0 Å². The molecule has 1 heterocycles. The molecule has 0 atom stereocenters. The molecule has 0 amide bonds. The Hall–Kier alpha value is -3.85. The average molecular weight is 761 g/mol. The normalized spacial score (nSPS) is 10.0. The predicted octanol–water partition coefficient (Wildman–Crippen LogP) is 10.5. The van der Waals surface area contributed by atoms with E-state index in [0.717, 1.165) is 11.1 Å². The van der Waals surface area contributed by atoms with Gasteiger partial charge in [0.05, 0.1) is 0 Å². The van der Waals surface area contributed by atoms with E-state index < -0.39 is 0 Å². The molecule has 6 aromatic carbocycles. The monoisotopic (exact) mass is 761 g/mol. The van der Waals surface area contributed by atoms with Crippen LogP contribution in [0.3, 0.4) is 0 Å². The second kappa shape index (κ2) is 21.2. The fourth-order valence-electron chi connectivity index (χ4n) is 5.15. The van der Waals surface area contributed by atoms with E-state index in [1.807, 2.05) is 48.5 Å². The van der Waals surface area contributed by atoms with Crippen molar-refractivity contribution in [2.75, 3.05) is 12.3 Å². The fraction of sp³-hybridized carbons (Fsp3) is 0.0455. The Kier molecular flexibility index (Phi) is 16.3. The first-order valence-corrected chi connectivity index (χ1v) is 19.6. The smallest absolute Gasteiger partial charge is 0.214 e. The molecule has 0 aliphatic rings. The third-order valence-corrected chi connectivity index (χ3v) is 13.5. The summed E-state index contributed by atoms with van der Waals surface area (Å²) in [7, 11) is -0.696. The maximum Gasteiger partial charge on any atom is 2.00 e. The zero-order valence-electron chi connectivity index (χ0n) is 26.6. The summed E-state index contributed by atoms with van der Waals surface area (Å²) in [5.41, 5.74) is 5.72. The van der Waals surface area contributed by atoms with E-state index in [1.54, 1.807) is 17.4 Å². The minimum atomic E-state index is -0.348. The van der Waals surface area contributed by atoms with Crippen LogP contribution in [0.2, 0.25) is 0 Å². The molecule has 2 radical (unpaired) electrons. The average Bonchev–Trinajstić information content (AvgIpc) is 3.91. The first-order valence-electron chi connectivity index (χ1n) is 15.6. The van der Waals surface area contributed by atoms with Crippen molar-refractivity contribution in [1.82, 2.24) is 0 Å². The quantitative estimate of drug-likeness (QED) is 0.0595. The van der Waals surface area contributed by atoms with E-state index >= 15 is 0 Å². The van der Waals surface area contributed by atoms with E-state index in [-0.39, 0.29) is 35.3 Å². The van der Waals surface area contributed by atoms with Crippen LogP contribution in [0.25, 0.3) is 17.2 Å². The van der Waals surface area contributed by atoms with Crippen LogP contribution in [0.5, 0.6) is 0 Å². The standard InChI is InChI=1S/C26H24P2.C13H8S.C5H5.Ru/c1-5-13-23(14-6-1)27(24-15-7-2-8-16-24)21-22-28(25-17-9-3-10-18-25)26-19-11-4-12-20-26;1-2-5-11-6-3-4-7-13(11)12-8-9-14-10-12;1-2-4-5-3-1;/h1-20H,21-22H2;3-10H;1-5H;/q;;-1;+2. The molecule has 0 saturated heterocycles. The van der Waals surface area contributed by atoms with Crippen molar-refractivity contribution in [1.29, 1.82) is 0 Å². The first kappa shape index (κ1) is 37.0. The third-order valence-electron chi connectivity index (χ3n) is 7.39. The van der Waals surface area contributed by atoms with Crippen LogP contribution in [0.4, 0.5) is 0 Å². The summed E-state index contributed by atoms with van der Waals surface area (Å²) < 4.78 is 0. The first-order chi connectivity index (χ1) is 23.3. The Morgan fingerprint density at radius 3 is 1.31 bits per heavy atom. The van der Waals surface area contributed by atoms with Gasteiger partial charge in [0.25, 0.3) is 0 Å². The van der Waals surface area contributed by atoms with Crippen molar-refractivity contribution in [3.63, 3.8) is 0 Å². The molecule has 0 spiro atoms. The van der Waals surface area contributed by atoms with Crippen molar-refractivity contribution < 1.29 is 19.5 Å². The Morgan fingerprint density at radius 2 is 0.958 bits per heavy atom. The molecular weight excluding hydrogens is 724 g/mol. The summed E-state index contributed by atoms with van der Waals surface area (Å²) in [6, 6.07) is 64.3. The molecule has 0 nitrogen and oxygen atoms in total. The van der Waals surface area contributed by atoms with Crippen LogP contribution < -0.4 is 21.2 Å². The van der Waals surface area contributed by atoms with Crippen molar-refractivity contribution in [3.8, 4) is 11.1 Å². The molecule has 0 aliphatic carbocycles. The molecule has 1 aromatic heterocycles. The molecule has 7 rings (SSSR count). The van der Waals surface area contributed by atoms with Crippen LogP contribution in [-0.4, -0.2) is 12.3 Å². The largest absolute Gasteiger partial charge is 2.00 e. The number of benzene rings is 5. The number of hydrogen-bond donors (Lipinski definition) is 0. The zero-order valence-corrected chi connectivity index (χ0v) is 31.0. The van der Waals surface area contributed by atoms with Gasteiger partial charge in [0.1, 0.15) is 0 Å². The summed E-state index contributed by atoms with van der Waals surface area (Å²) in [5, 5.41) is 10.1.